The maximum absolute atomic E-state index is 12.8. The first-order chi connectivity index (χ1) is 14.5. The van der Waals surface area contributed by atoms with E-state index in [1.807, 2.05) is 13.0 Å². The first-order valence-corrected chi connectivity index (χ1v) is 10.0. The number of fused-ring (bicyclic) bond motifs is 1. The lowest BCUT2D eigenvalue weighted by Gasteiger charge is -2.09. The number of nitro benzene ring substituents is 1. The zero-order valence-corrected chi connectivity index (χ0v) is 17.2. The summed E-state index contributed by atoms with van der Waals surface area (Å²) in [5, 5.41) is 11.3. The molecule has 0 saturated heterocycles. The Bertz CT molecular complexity index is 1180. The largest absolute Gasteiger partial charge is 0.492 e. The molecule has 0 aliphatic heterocycles. The fourth-order valence-corrected chi connectivity index (χ4v) is 3.94. The van der Waals surface area contributed by atoms with Crippen molar-refractivity contribution in [1.82, 2.24) is 4.57 Å². The summed E-state index contributed by atoms with van der Waals surface area (Å²) in [4.78, 5) is 39.9. The number of rotatable bonds is 7. The van der Waals surface area contributed by atoms with Crippen LogP contribution in [0.4, 0.5) is 5.69 Å². The van der Waals surface area contributed by atoms with E-state index in [4.69, 9.17) is 9.47 Å². The number of amides is 1. The van der Waals surface area contributed by atoms with E-state index in [-0.39, 0.29) is 29.2 Å². The molecule has 0 fully saturated rings. The number of hydrogen-bond donors (Lipinski definition) is 0. The predicted molar refractivity (Wildman–Crippen MR) is 111 cm³/mol. The number of benzene rings is 2. The first kappa shape index (κ1) is 21.2. The SMILES string of the molecule is CCOC(=O)Cn1c(=NC(=O)c2ccccc2[N+](=O)[O-])sc2cccc(OCC)c21. The molecular formula is C20H19N3O6S. The van der Waals surface area contributed by atoms with E-state index in [2.05, 4.69) is 4.99 Å². The molecule has 3 rings (SSSR count). The summed E-state index contributed by atoms with van der Waals surface area (Å²) >= 11 is 1.18. The van der Waals surface area contributed by atoms with Gasteiger partial charge in [-0.05, 0) is 32.0 Å². The topological polar surface area (TPSA) is 113 Å². The van der Waals surface area contributed by atoms with Gasteiger partial charge in [-0.15, -0.1) is 0 Å². The summed E-state index contributed by atoms with van der Waals surface area (Å²) in [6, 6.07) is 11.0. The van der Waals surface area contributed by atoms with Crippen LogP contribution in [0.1, 0.15) is 24.2 Å². The number of ether oxygens (including phenoxy) is 2. The van der Waals surface area contributed by atoms with E-state index >= 15 is 0 Å². The molecule has 156 valence electrons. The van der Waals surface area contributed by atoms with Crippen LogP contribution in [0.5, 0.6) is 5.75 Å². The molecule has 0 bridgehead atoms. The van der Waals surface area contributed by atoms with Gasteiger partial charge in [0, 0.05) is 6.07 Å². The van der Waals surface area contributed by atoms with Crippen LogP contribution in [0.3, 0.4) is 0 Å². The van der Waals surface area contributed by atoms with Crippen molar-refractivity contribution >= 4 is 39.1 Å². The second kappa shape index (κ2) is 9.31. The number of hydrogen-bond acceptors (Lipinski definition) is 7. The number of thiazole rings is 1. The number of carbonyl (C=O) groups is 2. The van der Waals surface area contributed by atoms with Crippen LogP contribution in [-0.2, 0) is 16.1 Å². The van der Waals surface area contributed by atoms with Gasteiger partial charge in [-0.3, -0.25) is 19.7 Å². The molecular weight excluding hydrogens is 410 g/mol. The van der Waals surface area contributed by atoms with Gasteiger partial charge in [-0.25, -0.2) is 0 Å². The van der Waals surface area contributed by atoms with Crippen LogP contribution in [0, 0.1) is 10.1 Å². The average Bonchev–Trinajstić information content (AvgIpc) is 3.06. The minimum Gasteiger partial charge on any atom is -0.492 e. The molecule has 1 amide bonds. The highest BCUT2D eigenvalue weighted by Gasteiger charge is 2.20. The molecule has 0 N–H and O–H groups in total. The Morgan fingerprint density at radius 3 is 2.60 bits per heavy atom. The standard InChI is InChI=1S/C20H19N3O6S/c1-3-28-15-10-7-11-16-18(15)22(12-17(24)29-4-2)20(30-16)21-19(25)13-8-5-6-9-14(13)23(26)27/h5-11H,3-4,12H2,1-2H3. The number of para-hydroxylation sites is 2. The maximum atomic E-state index is 12.8. The Labute approximate surface area is 175 Å². The monoisotopic (exact) mass is 429 g/mol. The lowest BCUT2D eigenvalue weighted by Crippen LogP contribution is -2.23. The molecule has 0 saturated carbocycles. The minimum atomic E-state index is -0.774. The lowest BCUT2D eigenvalue weighted by molar-refractivity contribution is -0.385. The molecule has 0 radical (unpaired) electrons. The van der Waals surface area contributed by atoms with Gasteiger partial charge in [0.1, 0.15) is 23.4 Å². The molecule has 1 aromatic heterocycles. The number of esters is 1. The normalized spacial score (nSPS) is 11.5. The van der Waals surface area contributed by atoms with Gasteiger partial charge in [0.25, 0.3) is 11.6 Å². The van der Waals surface area contributed by atoms with E-state index in [1.54, 1.807) is 19.1 Å². The van der Waals surface area contributed by atoms with E-state index in [1.165, 1.54) is 40.2 Å². The highest BCUT2D eigenvalue weighted by molar-refractivity contribution is 7.16. The van der Waals surface area contributed by atoms with Crippen molar-refractivity contribution in [3.8, 4) is 5.75 Å². The van der Waals surface area contributed by atoms with Crippen molar-refractivity contribution in [2.45, 2.75) is 20.4 Å². The van der Waals surface area contributed by atoms with Gasteiger partial charge < -0.3 is 14.0 Å². The van der Waals surface area contributed by atoms with Gasteiger partial charge in [0.15, 0.2) is 4.80 Å². The number of carbonyl (C=O) groups excluding carboxylic acids is 2. The molecule has 3 aromatic rings. The fraction of sp³-hybridized carbons (Fsp3) is 0.250. The third-order valence-corrected chi connectivity index (χ3v) is 5.13. The van der Waals surface area contributed by atoms with Crippen LogP contribution in [-0.4, -0.2) is 34.6 Å². The van der Waals surface area contributed by atoms with Crippen LogP contribution >= 0.6 is 11.3 Å². The smallest absolute Gasteiger partial charge is 0.326 e. The predicted octanol–water partition coefficient (Wildman–Crippen LogP) is 3.31. The lowest BCUT2D eigenvalue weighted by atomic mass is 10.2. The molecule has 9 nitrogen and oxygen atoms in total. The van der Waals surface area contributed by atoms with Crippen molar-refractivity contribution in [1.29, 1.82) is 0 Å². The van der Waals surface area contributed by atoms with E-state index in [0.29, 0.717) is 17.9 Å². The second-order valence-corrected chi connectivity index (χ2v) is 7.01. The van der Waals surface area contributed by atoms with Crippen LogP contribution in [0.15, 0.2) is 47.5 Å². The summed E-state index contributed by atoms with van der Waals surface area (Å²) in [6.45, 7) is 3.98. The Hall–Kier alpha value is -3.53. The first-order valence-electron chi connectivity index (χ1n) is 9.19. The Kier molecular flexibility index (Phi) is 6.58. The summed E-state index contributed by atoms with van der Waals surface area (Å²) in [7, 11) is 0. The van der Waals surface area contributed by atoms with Crippen molar-refractivity contribution in [3.63, 3.8) is 0 Å². The van der Waals surface area contributed by atoms with Crippen LogP contribution in [0.25, 0.3) is 10.2 Å². The van der Waals surface area contributed by atoms with Crippen LogP contribution in [0.2, 0.25) is 0 Å². The molecule has 1 heterocycles. The quantitative estimate of drug-likeness (QED) is 0.323. The molecule has 0 spiro atoms. The zero-order valence-electron chi connectivity index (χ0n) is 16.4. The van der Waals surface area contributed by atoms with Crippen molar-refractivity contribution in [3.05, 3.63) is 62.9 Å². The molecule has 0 aliphatic rings. The van der Waals surface area contributed by atoms with Crippen molar-refractivity contribution in [2.24, 2.45) is 4.99 Å². The van der Waals surface area contributed by atoms with Gasteiger partial charge in [0.05, 0.1) is 22.8 Å². The van der Waals surface area contributed by atoms with Gasteiger partial charge in [-0.1, -0.05) is 29.5 Å². The average molecular weight is 429 g/mol. The third-order valence-electron chi connectivity index (χ3n) is 4.08. The summed E-state index contributed by atoms with van der Waals surface area (Å²) in [6.07, 6.45) is 0. The molecule has 10 heteroatoms. The highest BCUT2D eigenvalue weighted by Crippen LogP contribution is 2.28. The number of aromatic nitrogens is 1. The number of nitro groups is 1. The summed E-state index contributed by atoms with van der Waals surface area (Å²) < 4.78 is 13.0. The fourth-order valence-electron chi connectivity index (χ4n) is 2.90. The summed E-state index contributed by atoms with van der Waals surface area (Å²) in [5.74, 6) is -0.734. The Balaban J connectivity index is 2.19. The second-order valence-electron chi connectivity index (χ2n) is 6.00. The Morgan fingerprint density at radius 1 is 1.13 bits per heavy atom. The molecule has 0 atom stereocenters. The molecule has 2 aromatic carbocycles. The van der Waals surface area contributed by atoms with Gasteiger partial charge in [-0.2, -0.15) is 4.99 Å². The molecule has 0 aliphatic carbocycles. The van der Waals surface area contributed by atoms with E-state index in [9.17, 15) is 19.7 Å². The number of nitrogens with zero attached hydrogens (tertiary/aromatic N) is 3. The highest BCUT2D eigenvalue weighted by atomic mass is 32.1. The minimum absolute atomic E-state index is 0.132. The van der Waals surface area contributed by atoms with E-state index < -0.39 is 16.8 Å². The van der Waals surface area contributed by atoms with Gasteiger partial charge >= 0.3 is 5.97 Å². The third kappa shape index (κ3) is 4.38. The van der Waals surface area contributed by atoms with Crippen molar-refractivity contribution < 1.29 is 24.0 Å². The molecule has 30 heavy (non-hydrogen) atoms. The summed E-state index contributed by atoms with van der Waals surface area (Å²) in [5.41, 5.74) is 0.137. The van der Waals surface area contributed by atoms with Gasteiger partial charge in [0.2, 0.25) is 0 Å². The van der Waals surface area contributed by atoms with Crippen molar-refractivity contribution in [2.75, 3.05) is 13.2 Å². The van der Waals surface area contributed by atoms with Crippen LogP contribution < -0.4 is 9.54 Å². The van der Waals surface area contributed by atoms with E-state index in [0.717, 1.165) is 4.70 Å². The molecule has 0 unspecified atom stereocenters. The Morgan fingerprint density at radius 2 is 1.90 bits per heavy atom. The zero-order chi connectivity index (χ0) is 21.7. The maximum Gasteiger partial charge on any atom is 0.326 e.